The van der Waals surface area contributed by atoms with Gasteiger partial charge in [0.1, 0.15) is 6.10 Å². The lowest BCUT2D eigenvalue weighted by molar-refractivity contribution is -0.144. The summed E-state index contributed by atoms with van der Waals surface area (Å²) in [5.74, 6) is 0.560. The van der Waals surface area contributed by atoms with Crippen molar-refractivity contribution in [3.8, 4) is 0 Å². The van der Waals surface area contributed by atoms with Crippen molar-refractivity contribution in [3.63, 3.8) is 0 Å². The maximum atomic E-state index is 12.4. The summed E-state index contributed by atoms with van der Waals surface area (Å²) in [4.78, 5) is 14.4. The molecule has 0 aromatic rings. The lowest BCUT2D eigenvalue weighted by atomic mass is 9.89. The Morgan fingerprint density at radius 2 is 1.95 bits per heavy atom. The van der Waals surface area contributed by atoms with Crippen LogP contribution in [-0.2, 0) is 9.53 Å². The molecule has 19 heavy (non-hydrogen) atoms. The molecule has 1 N–H and O–H groups in total. The summed E-state index contributed by atoms with van der Waals surface area (Å²) in [7, 11) is 1.95. The van der Waals surface area contributed by atoms with Crippen LogP contribution in [0.2, 0.25) is 0 Å². The third-order valence-corrected chi connectivity index (χ3v) is 4.72. The first-order chi connectivity index (χ1) is 9.13. The van der Waals surface area contributed by atoms with E-state index in [0.29, 0.717) is 18.0 Å². The minimum atomic E-state index is -0.198. The Morgan fingerprint density at radius 3 is 2.47 bits per heavy atom. The summed E-state index contributed by atoms with van der Waals surface area (Å²) in [6, 6.07) is 1.05. The Bertz CT molecular complexity index is 301. The first-order valence-corrected chi connectivity index (χ1v) is 7.75. The van der Waals surface area contributed by atoms with Gasteiger partial charge in [-0.05, 0) is 44.6 Å². The molecule has 2 aliphatic rings. The second-order valence-corrected chi connectivity index (χ2v) is 6.07. The molecule has 1 aliphatic heterocycles. The normalized spacial score (nSPS) is 35.3. The predicted molar refractivity (Wildman–Crippen MR) is 76.0 cm³/mol. The predicted octanol–water partition coefficient (Wildman–Crippen LogP) is 1.79. The molecule has 2 unspecified atom stereocenters. The highest BCUT2D eigenvalue weighted by Gasteiger charge is 2.35. The molecule has 1 saturated heterocycles. The van der Waals surface area contributed by atoms with Gasteiger partial charge in [0.15, 0.2) is 0 Å². The smallest absolute Gasteiger partial charge is 0.251 e. The number of hydrogen-bond donors (Lipinski definition) is 1. The van der Waals surface area contributed by atoms with Crippen LogP contribution in [-0.4, -0.2) is 49.2 Å². The standard InChI is InChI=1S/C15H28N2O2/c1-4-16-12-5-7-13(8-6-12)17(3)15(18)14-11(2)9-10-19-14/h11-14,16H,4-10H2,1-3H3. The van der Waals surface area contributed by atoms with Crippen LogP contribution in [0.25, 0.3) is 0 Å². The quantitative estimate of drug-likeness (QED) is 0.845. The minimum absolute atomic E-state index is 0.192. The highest BCUT2D eigenvalue weighted by molar-refractivity contribution is 5.81. The zero-order chi connectivity index (χ0) is 13.8. The lowest BCUT2D eigenvalue weighted by Crippen LogP contribution is -2.47. The van der Waals surface area contributed by atoms with E-state index in [2.05, 4.69) is 19.2 Å². The first-order valence-electron chi connectivity index (χ1n) is 7.75. The van der Waals surface area contributed by atoms with Crippen molar-refractivity contribution in [1.82, 2.24) is 10.2 Å². The summed E-state index contributed by atoms with van der Waals surface area (Å²) in [5.41, 5.74) is 0. The molecule has 2 atom stereocenters. The topological polar surface area (TPSA) is 41.6 Å². The van der Waals surface area contributed by atoms with Gasteiger partial charge in [0, 0.05) is 25.7 Å². The highest BCUT2D eigenvalue weighted by atomic mass is 16.5. The fourth-order valence-electron chi connectivity index (χ4n) is 3.35. The molecular weight excluding hydrogens is 240 g/mol. The lowest BCUT2D eigenvalue weighted by Gasteiger charge is -2.36. The van der Waals surface area contributed by atoms with E-state index < -0.39 is 0 Å². The molecule has 1 saturated carbocycles. The zero-order valence-electron chi connectivity index (χ0n) is 12.5. The number of ether oxygens (including phenoxy) is 1. The van der Waals surface area contributed by atoms with Crippen LogP contribution in [0, 0.1) is 5.92 Å². The van der Waals surface area contributed by atoms with E-state index in [1.807, 2.05) is 11.9 Å². The summed E-state index contributed by atoms with van der Waals surface area (Å²) in [6.07, 6.45) is 5.39. The molecule has 4 heteroatoms. The van der Waals surface area contributed by atoms with E-state index in [1.54, 1.807) is 0 Å². The fourth-order valence-corrected chi connectivity index (χ4v) is 3.35. The van der Waals surface area contributed by atoms with E-state index in [0.717, 1.165) is 32.4 Å². The van der Waals surface area contributed by atoms with Crippen LogP contribution < -0.4 is 5.32 Å². The summed E-state index contributed by atoms with van der Waals surface area (Å²) in [5, 5.41) is 3.51. The van der Waals surface area contributed by atoms with E-state index >= 15 is 0 Å². The van der Waals surface area contributed by atoms with E-state index in [-0.39, 0.29) is 12.0 Å². The maximum absolute atomic E-state index is 12.4. The molecule has 0 aromatic carbocycles. The van der Waals surface area contributed by atoms with Crippen LogP contribution in [0.5, 0.6) is 0 Å². The summed E-state index contributed by atoms with van der Waals surface area (Å²) in [6.45, 7) is 6.04. The highest BCUT2D eigenvalue weighted by Crippen LogP contribution is 2.26. The van der Waals surface area contributed by atoms with Gasteiger partial charge in [0.2, 0.25) is 0 Å². The van der Waals surface area contributed by atoms with Crippen molar-refractivity contribution < 1.29 is 9.53 Å². The number of nitrogens with zero attached hydrogens (tertiary/aromatic N) is 1. The molecule has 2 fully saturated rings. The van der Waals surface area contributed by atoms with Crippen LogP contribution in [0.15, 0.2) is 0 Å². The number of carbonyl (C=O) groups excluding carboxylic acids is 1. The Balaban J connectivity index is 1.83. The monoisotopic (exact) mass is 268 g/mol. The van der Waals surface area contributed by atoms with Crippen LogP contribution >= 0.6 is 0 Å². The van der Waals surface area contributed by atoms with Gasteiger partial charge >= 0.3 is 0 Å². The van der Waals surface area contributed by atoms with Gasteiger partial charge in [0.05, 0.1) is 0 Å². The second kappa shape index (κ2) is 6.71. The average molecular weight is 268 g/mol. The van der Waals surface area contributed by atoms with Crippen molar-refractivity contribution in [2.24, 2.45) is 5.92 Å². The molecule has 0 spiro atoms. The summed E-state index contributed by atoms with van der Waals surface area (Å²) >= 11 is 0. The molecule has 1 heterocycles. The minimum Gasteiger partial charge on any atom is -0.368 e. The maximum Gasteiger partial charge on any atom is 0.251 e. The SMILES string of the molecule is CCNC1CCC(N(C)C(=O)C2OCCC2C)CC1. The Kier molecular flexibility index (Phi) is 5.22. The van der Waals surface area contributed by atoms with Gasteiger partial charge in [0.25, 0.3) is 5.91 Å². The number of rotatable bonds is 4. The van der Waals surface area contributed by atoms with Crippen LogP contribution in [0.1, 0.15) is 46.0 Å². The number of hydrogen-bond acceptors (Lipinski definition) is 3. The summed E-state index contributed by atoms with van der Waals surface area (Å²) < 4.78 is 5.60. The largest absolute Gasteiger partial charge is 0.368 e. The van der Waals surface area contributed by atoms with Crippen LogP contribution in [0.4, 0.5) is 0 Å². The molecule has 2 rings (SSSR count). The van der Waals surface area contributed by atoms with E-state index in [4.69, 9.17) is 4.74 Å². The van der Waals surface area contributed by atoms with E-state index in [1.165, 1.54) is 12.8 Å². The van der Waals surface area contributed by atoms with Crippen molar-refractivity contribution in [2.45, 2.75) is 64.1 Å². The number of nitrogens with one attached hydrogen (secondary N) is 1. The number of likely N-dealkylation sites (N-methyl/N-ethyl adjacent to an activating group) is 1. The van der Waals surface area contributed by atoms with Gasteiger partial charge in [-0.15, -0.1) is 0 Å². The van der Waals surface area contributed by atoms with Crippen LogP contribution in [0.3, 0.4) is 0 Å². The van der Waals surface area contributed by atoms with Gasteiger partial charge in [-0.3, -0.25) is 4.79 Å². The van der Waals surface area contributed by atoms with Crippen molar-refractivity contribution >= 4 is 5.91 Å². The Hall–Kier alpha value is -0.610. The number of amides is 1. The Morgan fingerprint density at radius 1 is 1.26 bits per heavy atom. The fraction of sp³-hybridized carbons (Fsp3) is 0.933. The van der Waals surface area contributed by atoms with Gasteiger partial charge < -0.3 is 15.0 Å². The van der Waals surface area contributed by atoms with Gasteiger partial charge in [-0.25, -0.2) is 0 Å². The molecule has 1 aliphatic carbocycles. The zero-order valence-corrected chi connectivity index (χ0v) is 12.5. The Labute approximate surface area is 116 Å². The molecular formula is C15H28N2O2. The van der Waals surface area contributed by atoms with Crippen molar-refractivity contribution in [1.29, 1.82) is 0 Å². The molecule has 4 nitrogen and oxygen atoms in total. The second-order valence-electron chi connectivity index (χ2n) is 6.07. The van der Waals surface area contributed by atoms with Crippen molar-refractivity contribution in [2.75, 3.05) is 20.2 Å². The molecule has 0 radical (unpaired) electrons. The number of carbonyl (C=O) groups is 1. The van der Waals surface area contributed by atoms with Gasteiger partial charge in [-0.1, -0.05) is 13.8 Å². The molecule has 0 aromatic heterocycles. The molecule has 0 bridgehead atoms. The average Bonchev–Trinajstić information content (AvgIpc) is 2.84. The third-order valence-electron chi connectivity index (χ3n) is 4.72. The molecule has 1 amide bonds. The van der Waals surface area contributed by atoms with Gasteiger partial charge in [-0.2, -0.15) is 0 Å². The van der Waals surface area contributed by atoms with Crippen molar-refractivity contribution in [3.05, 3.63) is 0 Å². The third kappa shape index (κ3) is 3.48. The molecule has 110 valence electrons. The van der Waals surface area contributed by atoms with E-state index in [9.17, 15) is 4.79 Å². The first kappa shape index (κ1) is 14.8.